The first-order valence-corrected chi connectivity index (χ1v) is 11.0. The maximum absolute atomic E-state index is 12.7. The molecule has 1 aliphatic rings. The topological polar surface area (TPSA) is 96.3 Å². The summed E-state index contributed by atoms with van der Waals surface area (Å²) in [6.07, 6.45) is 2.88. The Hall–Kier alpha value is -3.61. The van der Waals surface area contributed by atoms with E-state index in [0.29, 0.717) is 28.4 Å². The third-order valence-electron chi connectivity index (χ3n) is 5.75. The molecule has 1 aromatic heterocycles. The van der Waals surface area contributed by atoms with E-state index in [-0.39, 0.29) is 23.7 Å². The Morgan fingerprint density at radius 2 is 1.88 bits per heavy atom. The molecule has 1 saturated carbocycles. The molecule has 7 nitrogen and oxygen atoms in total. The van der Waals surface area contributed by atoms with E-state index in [1.807, 2.05) is 39.0 Å². The average Bonchev–Trinajstić information content (AvgIpc) is 3.52. The zero-order valence-electron chi connectivity index (χ0n) is 18.6. The monoisotopic (exact) mass is 432 g/mol. The highest BCUT2D eigenvalue weighted by atomic mass is 16.3. The van der Waals surface area contributed by atoms with Gasteiger partial charge in [0.25, 0.3) is 5.91 Å². The molecule has 3 N–H and O–H groups in total. The number of aromatic hydroxyl groups is 1. The Balaban J connectivity index is 1.56. The highest BCUT2D eigenvalue weighted by molar-refractivity contribution is 6.04. The molecule has 7 heteroatoms. The number of hydrogen-bond donors (Lipinski definition) is 3. The van der Waals surface area contributed by atoms with Crippen LogP contribution < -0.4 is 10.6 Å². The minimum absolute atomic E-state index is 0.0129. The number of aromatic nitrogens is 2. The van der Waals surface area contributed by atoms with Crippen molar-refractivity contribution < 1.29 is 14.7 Å². The molecule has 0 bridgehead atoms. The van der Waals surface area contributed by atoms with Crippen LogP contribution in [0, 0.1) is 6.92 Å². The van der Waals surface area contributed by atoms with Crippen LogP contribution in [0.4, 0.5) is 10.5 Å². The molecule has 1 aliphatic carbocycles. The first kappa shape index (κ1) is 21.6. The summed E-state index contributed by atoms with van der Waals surface area (Å²) in [5, 5.41) is 20.9. The third kappa shape index (κ3) is 4.66. The number of benzene rings is 2. The van der Waals surface area contributed by atoms with Crippen LogP contribution in [0.2, 0.25) is 0 Å². The van der Waals surface area contributed by atoms with Gasteiger partial charge in [0.15, 0.2) is 0 Å². The summed E-state index contributed by atoms with van der Waals surface area (Å²) in [7, 11) is 0. The molecular formula is C25H28N4O3. The van der Waals surface area contributed by atoms with Gasteiger partial charge in [0.05, 0.1) is 11.4 Å². The fourth-order valence-corrected chi connectivity index (χ4v) is 3.47. The molecule has 0 aliphatic heterocycles. The van der Waals surface area contributed by atoms with E-state index >= 15 is 0 Å². The number of phenolic OH excluding ortho intramolecular Hbond substituents is 1. The number of anilines is 1. The molecule has 166 valence electrons. The van der Waals surface area contributed by atoms with Gasteiger partial charge < -0.3 is 15.7 Å². The molecule has 2 amide bonds. The Kier molecular flexibility index (Phi) is 5.99. The van der Waals surface area contributed by atoms with Gasteiger partial charge in [0.2, 0.25) is 0 Å². The highest BCUT2D eigenvalue weighted by Crippen LogP contribution is 2.42. The second-order valence-corrected chi connectivity index (χ2v) is 8.45. The zero-order chi connectivity index (χ0) is 22.8. The zero-order valence-corrected chi connectivity index (χ0v) is 18.6. The van der Waals surface area contributed by atoms with E-state index in [4.69, 9.17) is 0 Å². The van der Waals surface area contributed by atoms with Crippen LogP contribution in [0.25, 0.3) is 11.3 Å². The fraction of sp³-hybridized carbons (Fsp3) is 0.320. The Labute approximate surface area is 187 Å². The van der Waals surface area contributed by atoms with E-state index in [1.165, 1.54) is 10.7 Å². The predicted molar refractivity (Wildman–Crippen MR) is 124 cm³/mol. The first-order chi connectivity index (χ1) is 15.4. The van der Waals surface area contributed by atoms with Crippen molar-refractivity contribution in [1.29, 1.82) is 0 Å². The predicted octanol–water partition coefficient (Wildman–Crippen LogP) is 5.05. The second-order valence-electron chi connectivity index (χ2n) is 8.45. The van der Waals surface area contributed by atoms with Gasteiger partial charge in [-0.05, 0) is 63.4 Å². The quantitative estimate of drug-likeness (QED) is 0.508. The molecule has 32 heavy (non-hydrogen) atoms. The number of carbonyl (C=O) groups excluding carboxylic acids is 2. The average molecular weight is 433 g/mol. The van der Waals surface area contributed by atoms with Crippen LogP contribution in [-0.2, 0) is 0 Å². The van der Waals surface area contributed by atoms with Gasteiger partial charge in [-0.25, -0.2) is 4.79 Å². The standard InChI is InChI=1S/C25H28N4O3/c1-4-16(3)26-25(32)29-22(17-9-10-17)14-21(28-29)20-12-11-19(13-23(20)30)27-24(31)18-7-5-15(2)6-8-18/h5-8,11-14,16-17,30H,4,9-10H2,1-3H3,(H,26,32)(H,27,31). The molecule has 3 aromatic rings. The number of aryl methyl sites for hydroxylation is 1. The van der Waals surface area contributed by atoms with E-state index in [0.717, 1.165) is 30.5 Å². The summed E-state index contributed by atoms with van der Waals surface area (Å²) in [4.78, 5) is 25.2. The van der Waals surface area contributed by atoms with Crippen molar-refractivity contribution >= 4 is 17.6 Å². The molecular weight excluding hydrogens is 404 g/mol. The lowest BCUT2D eigenvalue weighted by Gasteiger charge is -2.12. The van der Waals surface area contributed by atoms with Crippen molar-refractivity contribution in [1.82, 2.24) is 15.1 Å². The van der Waals surface area contributed by atoms with Gasteiger partial charge in [-0.2, -0.15) is 9.78 Å². The van der Waals surface area contributed by atoms with Gasteiger partial charge in [-0.1, -0.05) is 24.6 Å². The summed E-state index contributed by atoms with van der Waals surface area (Å²) < 4.78 is 1.42. The maximum atomic E-state index is 12.7. The number of hydrogen-bond acceptors (Lipinski definition) is 4. The number of phenols is 1. The van der Waals surface area contributed by atoms with Crippen LogP contribution in [0.5, 0.6) is 5.75 Å². The molecule has 2 aromatic carbocycles. The van der Waals surface area contributed by atoms with E-state index in [9.17, 15) is 14.7 Å². The second kappa shape index (κ2) is 8.86. The van der Waals surface area contributed by atoms with E-state index < -0.39 is 0 Å². The smallest absolute Gasteiger partial charge is 0.342 e. The van der Waals surface area contributed by atoms with Gasteiger partial charge in [-0.15, -0.1) is 0 Å². The molecule has 0 saturated heterocycles. The van der Waals surface area contributed by atoms with Crippen molar-refractivity contribution in [2.24, 2.45) is 0 Å². The van der Waals surface area contributed by atoms with Crippen molar-refractivity contribution in [2.45, 2.75) is 52.0 Å². The van der Waals surface area contributed by atoms with Crippen molar-refractivity contribution in [3.63, 3.8) is 0 Å². The lowest BCUT2D eigenvalue weighted by molar-refractivity contribution is 0.102. The SMILES string of the molecule is CCC(C)NC(=O)n1nc(-c2ccc(NC(=O)c3ccc(C)cc3)cc2O)cc1C1CC1. The van der Waals surface area contributed by atoms with Crippen LogP contribution in [0.1, 0.15) is 60.6 Å². The number of carbonyl (C=O) groups is 2. The van der Waals surface area contributed by atoms with Crippen molar-refractivity contribution in [3.8, 4) is 17.0 Å². The van der Waals surface area contributed by atoms with Gasteiger partial charge in [-0.3, -0.25) is 4.79 Å². The Morgan fingerprint density at radius 3 is 2.50 bits per heavy atom. The third-order valence-corrected chi connectivity index (χ3v) is 5.75. The lowest BCUT2D eigenvalue weighted by atomic mass is 10.1. The van der Waals surface area contributed by atoms with Gasteiger partial charge >= 0.3 is 6.03 Å². The molecule has 0 radical (unpaired) electrons. The molecule has 1 unspecified atom stereocenters. The minimum Gasteiger partial charge on any atom is -0.507 e. The van der Waals surface area contributed by atoms with Crippen LogP contribution in [0.15, 0.2) is 48.5 Å². The summed E-state index contributed by atoms with van der Waals surface area (Å²) in [6, 6.07) is 13.9. The number of nitrogens with zero attached hydrogens (tertiary/aromatic N) is 2. The summed E-state index contributed by atoms with van der Waals surface area (Å²) in [6.45, 7) is 5.93. The van der Waals surface area contributed by atoms with Gasteiger partial charge in [0.1, 0.15) is 5.75 Å². The molecule has 4 rings (SSSR count). The van der Waals surface area contributed by atoms with Crippen LogP contribution in [-0.4, -0.2) is 32.9 Å². The Morgan fingerprint density at radius 1 is 1.16 bits per heavy atom. The Bertz CT molecular complexity index is 1150. The first-order valence-electron chi connectivity index (χ1n) is 11.0. The number of nitrogens with one attached hydrogen (secondary N) is 2. The molecule has 1 fully saturated rings. The summed E-state index contributed by atoms with van der Waals surface area (Å²) in [5.41, 5.74) is 3.99. The summed E-state index contributed by atoms with van der Waals surface area (Å²) in [5.74, 6) is 0.0503. The molecule has 1 heterocycles. The van der Waals surface area contributed by atoms with E-state index in [1.54, 1.807) is 24.3 Å². The van der Waals surface area contributed by atoms with Crippen LogP contribution >= 0.6 is 0 Å². The lowest BCUT2D eigenvalue weighted by Crippen LogP contribution is -2.36. The number of amides is 2. The maximum Gasteiger partial charge on any atom is 0.342 e. The van der Waals surface area contributed by atoms with Crippen LogP contribution in [0.3, 0.4) is 0 Å². The van der Waals surface area contributed by atoms with Crippen molar-refractivity contribution in [2.75, 3.05) is 5.32 Å². The fourth-order valence-electron chi connectivity index (χ4n) is 3.47. The van der Waals surface area contributed by atoms with E-state index in [2.05, 4.69) is 15.7 Å². The molecule has 0 spiro atoms. The minimum atomic E-state index is -0.256. The normalized spacial score (nSPS) is 14.1. The highest BCUT2D eigenvalue weighted by Gasteiger charge is 2.31. The summed E-state index contributed by atoms with van der Waals surface area (Å²) >= 11 is 0. The van der Waals surface area contributed by atoms with Gasteiger partial charge in [0, 0.05) is 34.8 Å². The van der Waals surface area contributed by atoms with Crippen molar-refractivity contribution in [3.05, 3.63) is 65.4 Å². The largest absolute Gasteiger partial charge is 0.507 e. The number of rotatable bonds is 6. The molecule has 1 atom stereocenters.